The van der Waals surface area contributed by atoms with Crippen molar-refractivity contribution < 1.29 is 14.3 Å². The van der Waals surface area contributed by atoms with Gasteiger partial charge in [-0.3, -0.25) is 4.79 Å². The van der Waals surface area contributed by atoms with Crippen LogP contribution in [0.15, 0.2) is 60.7 Å². The number of hydrogen-bond acceptors (Lipinski definition) is 3. The number of ketones is 1. The van der Waals surface area contributed by atoms with Gasteiger partial charge in [0.05, 0.1) is 7.11 Å². The molecule has 0 aliphatic carbocycles. The molecule has 0 spiro atoms. The summed E-state index contributed by atoms with van der Waals surface area (Å²) in [7, 11) is 1.60. The van der Waals surface area contributed by atoms with E-state index in [4.69, 9.17) is 9.47 Å². The molecule has 0 saturated carbocycles. The van der Waals surface area contributed by atoms with Crippen LogP contribution in [0.2, 0.25) is 0 Å². The van der Waals surface area contributed by atoms with Gasteiger partial charge in [0.2, 0.25) is 0 Å². The van der Waals surface area contributed by atoms with Crippen LogP contribution in [0, 0.1) is 20.8 Å². The number of methoxy groups -OCH3 is 1. The summed E-state index contributed by atoms with van der Waals surface area (Å²) in [4.78, 5) is 12.6. The molecule has 0 heterocycles. The average Bonchev–Trinajstić information content (AvgIpc) is 2.64. The molecule has 0 bridgehead atoms. The van der Waals surface area contributed by atoms with Crippen LogP contribution in [0.1, 0.15) is 32.6 Å². The maximum atomic E-state index is 12.6. The first-order valence-electron chi connectivity index (χ1n) is 8.52. The Morgan fingerprint density at radius 1 is 0.731 bits per heavy atom. The number of aryl methyl sites for hydroxylation is 3. The highest BCUT2D eigenvalue weighted by atomic mass is 16.5. The molecule has 0 fully saturated rings. The van der Waals surface area contributed by atoms with Crippen LogP contribution in [0.5, 0.6) is 17.2 Å². The molecule has 0 aromatic heterocycles. The van der Waals surface area contributed by atoms with Crippen molar-refractivity contribution >= 4 is 5.78 Å². The van der Waals surface area contributed by atoms with E-state index in [0.717, 1.165) is 22.6 Å². The van der Waals surface area contributed by atoms with Gasteiger partial charge in [0.15, 0.2) is 5.78 Å². The zero-order valence-corrected chi connectivity index (χ0v) is 15.5. The van der Waals surface area contributed by atoms with Crippen molar-refractivity contribution in [2.75, 3.05) is 7.11 Å². The Hall–Kier alpha value is -3.07. The van der Waals surface area contributed by atoms with Gasteiger partial charge in [-0.05, 0) is 80.4 Å². The topological polar surface area (TPSA) is 35.5 Å². The van der Waals surface area contributed by atoms with E-state index < -0.39 is 0 Å². The SMILES string of the molecule is COc1ccc(C(=O)c2ccc(Oc3c(C)cc(C)cc3C)cc2)cc1. The Balaban J connectivity index is 1.79. The minimum absolute atomic E-state index is 0.0260. The fourth-order valence-corrected chi connectivity index (χ4v) is 3.03. The highest BCUT2D eigenvalue weighted by molar-refractivity contribution is 6.09. The molecule has 0 unspecified atom stereocenters. The monoisotopic (exact) mass is 346 g/mol. The number of ether oxygens (including phenoxy) is 2. The summed E-state index contributed by atoms with van der Waals surface area (Å²) in [6, 6.07) is 18.6. The van der Waals surface area contributed by atoms with Crippen LogP contribution >= 0.6 is 0 Å². The van der Waals surface area contributed by atoms with Crippen LogP contribution in [0.3, 0.4) is 0 Å². The Morgan fingerprint density at radius 3 is 1.65 bits per heavy atom. The lowest BCUT2D eigenvalue weighted by Gasteiger charge is -2.13. The van der Waals surface area contributed by atoms with Gasteiger partial charge in [-0.1, -0.05) is 17.7 Å². The van der Waals surface area contributed by atoms with Crippen LogP contribution in [0.25, 0.3) is 0 Å². The van der Waals surface area contributed by atoms with Crippen molar-refractivity contribution in [1.29, 1.82) is 0 Å². The largest absolute Gasteiger partial charge is 0.497 e. The van der Waals surface area contributed by atoms with E-state index in [0.29, 0.717) is 16.9 Å². The summed E-state index contributed by atoms with van der Waals surface area (Å²) in [6.07, 6.45) is 0. The second-order valence-corrected chi connectivity index (χ2v) is 6.41. The molecule has 0 N–H and O–H groups in total. The molecule has 3 nitrogen and oxygen atoms in total. The molecule has 0 amide bonds. The number of rotatable bonds is 5. The van der Waals surface area contributed by atoms with Gasteiger partial charge in [-0.25, -0.2) is 0 Å². The average molecular weight is 346 g/mol. The number of benzene rings is 3. The van der Waals surface area contributed by atoms with Crippen LogP contribution < -0.4 is 9.47 Å². The Bertz CT molecular complexity index is 900. The van der Waals surface area contributed by atoms with Gasteiger partial charge in [-0.15, -0.1) is 0 Å². The highest BCUT2D eigenvalue weighted by Crippen LogP contribution is 2.30. The van der Waals surface area contributed by atoms with Crippen molar-refractivity contribution in [1.82, 2.24) is 0 Å². The zero-order chi connectivity index (χ0) is 18.7. The molecule has 3 heteroatoms. The van der Waals surface area contributed by atoms with Gasteiger partial charge in [-0.2, -0.15) is 0 Å². The fourth-order valence-electron chi connectivity index (χ4n) is 3.03. The van der Waals surface area contributed by atoms with E-state index in [2.05, 4.69) is 19.1 Å². The van der Waals surface area contributed by atoms with Crippen molar-refractivity contribution in [3.8, 4) is 17.2 Å². The quantitative estimate of drug-likeness (QED) is 0.561. The summed E-state index contributed by atoms with van der Waals surface area (Å²) < 4.78 is 11.2. The van der Waals surface area contributed by atoms with Crippen molar-refractivity contribution in [3.05, 3.63) is 88.5 Å². The second kappa shape index (κ2) is 7.44. The molecule has 3 aromatic carbocycles. The minimum Gasteiger partial charge on any atom is -0.497 e. The lowest BCUT2D eigenvalue weighted by atomic mass is 10.0. The van der Waals surface area contributed by atoms with Crippen molar-refractivity contribution in [2.24, 2.45) is 0 Å². The molecule has 26 heavy (non-hydrogen) atoms. The van der Waals surface area contributed by atoms with E-state index in [1.54, 1.807) is 43.5 Å². The third kappa shape index (κ3) is 3.77. The van der Waals surface area contributed by atoms with E-state index in [9.17, 15) is 4.79 Å². The first kappa shape index (κ1) is 17.7. The third-order valence-electron chi connectivity index (χ3n) is 4.29. The van der Waals surface area contributed by atoms with E-state index in [-0.39, 0.29) is 5.78 Å². The smallest absolute Gasteiger partial charge is 0.193 e. The van der Waals surface area contributed by atoms with E-state index in [1.807, 2.05) is 26.0 Å². The van der Waals surface area contributed by atoms with Gasteiger partial charge < -0.3 is 9.47 Å². The standard InChI is InChI=1S/C23H22O3/c1-15-13-16(2)23(17(3)14-15)26-21-11-7-19(8-12-21)22(24)18-5-9-20(25-4)10-6-18/h5-14H,1-4H3. The van der Waals surface area contributed by atoms with E-state index >= 15 is 0 Å². The molecule has 0 radical (unpaired) electrons. The van der Waals surface area contributed by atoms with E-state index in [1.165, 1.54) is 5.56 Å². The zero-order valence-electron chi connectivity index (χ0n) is 15.5. The lowest BCUT2D eigenvalue weighted by molar-refractivity contribution is 0.103. The van der Waals surface area contributed by atoms with Gasteiger partial charge in [0, 0.05) is 11.1 Å². The maximum Gasteiger partial charge on any atom is 0.193 e. The van der Waals surface area contributed by atoms with Crippen molar-refractivity contribution in [2.45, 2.75) is 20.8 Å². The molecular weight excluding hydrogens is 324 g/mol. The molecule has 132 valence electrons. The molecular formula is C23H22O3. The Labute approximate surface area is 154 Å². The summed E-state index contributed by atoms with van der Waals surface area (Å²) in [5.41, 5.74) is 4.67. The summed E-state index contributed by atoms with van der Waals surface area (Å²) in [5, 5.41) is 0. The lowest BCUT2D eigenvalue weighted by Crippen LogP contribution is -2.01. The Kier molecular flexibility index (Phi) is 5.08. The highest BCUT2D eigenvalue weighted by Gasteiger charge is 2.11. The second-order valence-electron chi connectivity index (χ2n) is 6.41. The van der Waals surface area contributed by atoms with Crippen LogP contribution in [-0.2, 0) is 0 Å². The Morgan fingerprint density at radius 2 is 1.19 bits per heavy atom. The van der Waals surface area contributed by atoms with Crippen LogP contribution in [-0.4, -0.2) is 12.9 Å². The molecule has 0 saturated heterocycles. The van der Waals surface area contributed by atoms with Crippen molar-refractivity contribution in [3.63, 3.8) is 0 Å². The molecule has 0 aliphatic rings. The van der Waals surface area contributed by atoms with Gasteiger partial charge in [0.1, 0.15) is 17.2 Å². The predicted molar refractivity (Wildman–Crippen MR) is 104 cm³/mol. The minimum atomic E-state index is -0.0260. The summed E-state index contributed by atoms with van der Waals surface area (Å²) in [6.45, 7) is 6.15. The first-order valence-corrected chi connectivity index (χ1v) is 8.52. The molecule has 3 aromatic rings. The number of hydrogen-bond donors (Lipinski definition) is 0. The van der Waals surface area contributed by atoms with Gasteiger partial charge >= 0.3 is 0 Å². The third-order valence-corrected chi connectivity index (χ3v) is 4.29. The number of carbonyl (C=O) groups is 1. The normalized spacial score (nSPS) is 10.5. The fraction of sp³-hybridized carbons (Fsp3) is 0.174. The summed E-state index contributed by atoms with van der Waals surface area (Å²) >= 11 is 0. The predicted octanol–water partition coefficient (Wildman–Crippen LogP) is 5.64. The number of carbonyl (C=O) groups excluding carboxylic acids is 1. The van der Waals surface area contributed by atoms with Gasteiger partial charge in [0.25, 0.3) is 0 Å². The molecule has 0 aliphatic heterocycles. The molecule has 3 rings (SSSR count). The first-order chi connectivity index (χ1) is 12.5. The maximum absolute atomic E-state index is 12.6. The van der Waals surface area contributed by atoms with Crippen LogP contribution in [0.4, 0.5) is 0 Å². The summed E-state index contributed by atoms with van der Waals surface area (Å²) in [5.74, 6) is 2.28. The molecule has 0 atom stereocenters.